The summed E-state index contributed by atoms with van der Waals surface area (Å²) < 4.78 is 0. The minimum atomic E-state index is -1.12. The van der Waals surface area contributed by atoms with E-state index in [9.17, 15) is 14.9 Å². The van der Waals surface area contributed by atoms with Crippen molar-refractivity contribution in [1.29, 1.82) is 5.26 Å². The molecular formula is C18H30N4O3. The van der Waals surface area contributed by atoms with E-state index in [-0.39, 0.29) is 28.6 Å². The van der Waals surface area contributed by atoms with E-state index in [0.717, 1.165) is 12.8 Å². The SMILES string of the molecule is CC(C)C(NC(=O)/C(C#N)=C\NC1CC(C)(C)NC(C)(C)C1)C(=O)O. The average molecular weight is 350 g/mol. The third kappa shape index (κ3) is 6.39. The molecule has 7 nitrogen and oxygen atoms in total. The maximum Gasteiger partial charge on any atom is 0.326 e. The van der Waals surface area contributed by atoms with Crippen LogP contribution in [0.4, 0.5) is 0 Å². The number of piperidine rings is 1. The average Bonchev–Trinajstić information content (AvgIpc) is 2.41. The molecular weight excluding hydrogens is 320 g/mol. The summed E-state index contributed by atoms with van der Waals surface area (Å²) in [5.41, 5.74) is -0.246. The number of carboxylic acids is 1. The molecule has 1 heterocycles. The highest BCUT2D eigenvalue weighted by molar-refractivity contribution is 5.99. The lowest BCUT2D eigenvalue weighted by molar-refractivity contribution is -0.142. The van der Waals surface area contributed by atoms with Gasteiger partial charge in [-0.05, 0) is 46.5 Å². The van der Waals surface area contributed by atoms with Gasteiger partial charge < -0.3 is 21.1 Å². The Balaban J connectivity index is 2.81. The van der Waals surface area contributed by atoms with Gasteiger partial charge in [-0.3, -0.25) is 4.79 Å². The number of nitrogens with one attached hydrogen (secondary N) is 3. The molecule has 1 saturated heterocycles. The van der Waals surface area contributed by atoms with Crippen molar-refractivity contribution >= 4 is 11.9 Å². The van der Waals surface area contributed by atoms with E-state index in [1.807, 2.05) is 6.07 Å². The minimum Gasteiger partial charge on any atom is -0.480 e. The Morgan fingerprint density at radius 1 is 1.24 bits per heavy atom. The maximum atomic E-state index is 12.2. The smallest absolute Gasteiger partial charge is 0.326 e. The number of carboxylic acid groups (broad SMARTS) is 1. The Labute approximate surface area is 149 Å². The van der Waals surface area contributed by atoms with Gasteiger partial charge in [0.2, 0.25) is 0 Å². The van der Waals surface area contributed by atoms with Crippen LogP contribution in [0.1, 0.15) is 54.4 Å². The van der Waals surface area contributed by atoms with Crippen LogP contribution in [0.25, 0.3) is 0 Å². The highest BCUT2D eigenvalue weighted by Crippen LogP contribution is 2.28. The van der Waals surface area contributed by atoms with Gasteiger partial charge in [0.1, 0.15) is 17.7 Å². The van der Waals surface area contributed by atoms with Gasteiger partial charge in [0.25, 0.3) is 5.91 Å². The van der Waals surface area contributed by atoms with Crippen LogP contribution in [0.5, 0.6) is 0 Å². The summed E-state index contributed by atoms with van der Waals surface area (Å²) in [7, 11) is 0. The maximum absolute atomic E-state index is 12.2. The van der Waals surface area contributed by atoms with E-state index in [1.54, 1.807) is 13.8 Å². The summed E-state index contributed by atoms with van der Waals surface area (Å²) in [4.78, 5) is 23.4. The predicted octanol–water partition coefficient (Wildman–Crippen LogP) is 1.52. The summed E-state index contributed by atoms with van der Waals surface area (Å²) >= 11 is 0. The molecule has 1 amide bonds. The number of aliphatic carboxylic acids is 1. The van der Waals surface area contributed by atoms with Crippen LogP contribution in [-0.2, 0) is 9.59 Å². The third-order valence-electron chi connectivity index (χ3n) is 4.24. The van der Waals surface area contributed by atoms with E-state index in [2.05, 4.69) is 43.6 Å². The van der Waals surface area contributed by atoms with Crippen molar-refractivity contribution in [2.75, 3.05) is 0 Å². The number of nitrogens with zero attached hydrogens (tertiary/aromatic N) is 1. The summed E-state index contributed by atoms with van der Waals surface area (Å²) in [6, 6.07) is 0.931. The summed E-state index contributed by atoms with van der Waals surface area (Å²) in [6.07, 6.45) is 3.09. The third-order valence-corrected chi connectivity index (χ3v) is 4.24. The largest absolute Gasteiger partial charge is 0.480 e. The topological polar surface area (TPSA) is 114 Å². The number of carbonyl (C=O) groups is 2. The van der Waals surface area contributed by atoms with Crippen LogP contribution in [0.15, 0.2) is 11.8 Å². The summed E-state index contributed by atoms with van der Waals surface area (Å²) in [5.74, 6) is -2.07. The first-order chi connectivity index (χ1) is 11.4. The number of nitriles is 1. The second-order valence-corrected chi connectivity index (χ2v) is 8.37. The highest BCUT2D eigenvalue weighted by Gasteiger charge is 2.37. The monoisotopic (exact) mass is 350 g/mol. The standard InChI is InChI=1S/C18H30N4O3/c1-11(2)14(16(24)25)21-15(23)12(9-19)10-20-13-7-17(3,4)22-18(5,6)8-13/h10-11,13-14,20,22H,7-8H2,1-6H3,(H,21,23)(H,24,25)/b12-10-. The molecule has 7 heteroatoms. The van der Waals surface area contributed by atoms with Gasteiger partial charge in [-0.2, -0.15) is 5.26 Å². The second-order valence-electron chi connectivity index (χ2n) is 8.37. The van der Waals surface area contributed by atoms with E-state index in [1.165, 1.54) is 6.20 Å². The fourth-order valence-electron chi connectivity index (χ4n) is 3.52. The van der Waals surface area contributed by atoms with Crippen molar-refractivity contribution in [1.82, 2.24) is 16.0 Å². The zero-order valence-electron chi connectivity index (χ0n) is 15.9. The lowest BCUT2D eigenvalue weighted by Crippen LogP contribution is -2.61. The fraction of sp³-hybridized carbons (Fsp3) is 0.722. The first-order valence-corrected chi connectivity index (χ1v) is 8.56. The van der Waals surface area contributed by atoms with E-state index < -0.39 is 17.9 Å². The molecule has 25 heavy (non-hydrogen) atoms. The Kier molecular flexibility index (Phi) is 6.61. The number of rotatable bonds is 6. The number of carbonyl (C=O) groups excluding carboxylic acids is 1. The number of hydrogen-bond donors (Lipinski definition) is 4. The first-order valence-electron chi connectivity index (χ1n) is 8.56. The molecule has 1 atom stereocenters. The Bertz CT molecular complexity index is 572. The molecule has 0 aromatic carbocycles. The molecule has 0 aromatic heterocycles. The van der Waals surface area contributed by atoms with Gasteiger partial charge in [0.05, 0.1) is 0 Å². The van der Waals surface area contributed by atoms with Crippen molar-refractivity contribution in [3.63, 3.8) is 0 Å². The Morgan fingerprint density at radius 2 is 1.76 bits per heavy atom. The van der Waals surface area contributed by atoms with E-state index in [0.29, 0.717) is 0 Å². The normalized spacial score (nSPS) is 21.3. The van der Waals surface area contributed by atoms with Gasteiger partial charge >= 0.3 is 5.97 Å². The van der Waals surface area contributed by atoms with Crippen LogP contribution in [-0.4, -0.2) is 40.1 Å². The molecule has 1 unspecified atom stereocenters. The molecule has 0 spiro atoms. The molecule has 0 bridgehead atoms. The van der Waals surface area contributed by atoms with Gasteiger partial charge in [0.15, 0.2) is 0 Å². The van der Waals surface area contributed by atoms with Gasteiger partial charge in [-0.1, -0.05) is 13.8 Å². The van der Waals surface area contributed by atoms with Gasteiger partial charge in [-0.15, -0.1) is 0 Å². The molecule has 4 N–H and O–H groups in total. The summed E-state index contributed by atoms with van der Waals surface area (Å²) in [6.45, 7) is 11.9. The van der Waals surface area contributed by atoms with Gasteiger partial charge in [0, 0.05) is 23.3 Å². The second kappa shape index (κ2) is 7.87. The first kappa shape index (κ1) is 21.0. The summed E-state index contributed by atoms with van der Waals surface area (Å²) in [5, 5.41) is 27.5. The van der Waals surface area contributed by atoms with Crippen molar-refractivity contribution in [3.05, 3.63) is 11.8 Å². The molecule has 1 aliphatic heterocycles. The lowest BCUT2D eigenvalue weighted by Gasteiger charge is -2.46. The molecule has 0 aromatic rings. The van der Waals surface area contributed by atoms with Crippen molar-refractivity contribution in [2.24, 2.45) is 5.92 Å². The molecule has 1 rings (SSSR count). The Hall–Kier alpha value is -2.07. The van der Waals surface area contributed by atoms with E-state index >= 15 is 0 Å². The molecule has 0 radical (unpaired) electrons. The van der Waals surface area contributed by atoms with Crippen LogP contribution in [0.2, 0.25) is 0 Å². The molecule has 0 saturated carbocycles. The highest BCUT2D eigenvalue weighted by atomic mass is 16.4. The molecule has 0 aliphatic carbocycles. The van der Waals surface area contributed by atoms with Crippen LogP contribution in [0, 0.1) is 17.2 Å². The fourth-order valence-corrected chi connectivity index (χ4v) is 3.52. The van der Waals surface area contributed by atoms with Crippen LogP contribution >= 0.6 is 0 Å². The van der Waals surface area contributed by atoms with Crippen LogP contribution in [0.3, 0.4) is 0 Å². The molecule has 1 fully saturated rings. The lowest BCUT2D eigenvalue weighted by atomic mass is 9.79. The van der Waals surface area contributed by atoms with Crippen molar-refractivity contribution in [2.45, 2.75) is 77.5 Å². The quantitative estimate of drug-likeness (QED) is 0.426. The number of hydrogen-bond acceptors (Lipinski definition) is 5. The molecule has 1 aliphatic rings. The van der Waals surface area contributed by atoms with Gasteiger partial charge in [-0.25, -0.2) is 4.79 Å². The van der Waals surface area contributed by atoms with Crippen molar-refractivity contribution in [3.8, 4) is 6.07 Å². The zero-order chi connectivity index (χ0) is 19.4. The zero-order valence-corrected chi connectivity index (χ0v) is 15.9. The van der Waals surface area contributed by atoms with Crippen molar-refractivity contribution < 1.29 is 14.7 Å². The van der Waals surface area contributed by atoms with Crippen LogP contribution < -0.4 is 16.0 Å². The Morgan fingerprint density at radius 3 is 2.16 bits per heavy atom. The predicted molar refractivity (Wildman–Crippen MR) is 95.6 cm³/mol. The molecule has 140 valence electrons. The van der Waals surface area contributed by atoms with E-state index in [4.69, 9.17) is 5.11 Å². The minimum absolute atomic E-state index is 0.0611. The number of amides is 1.